The van der Waals surface area contributed by atoms with Gasteiger partial charge in [-0.25, -0.2) is 0 Å². The van der Waals surface area contributed by atoms with Crippen LogP contribution in [0.3, 0.4) is 0 Å². The molecular weight excluding hydrogens is 291 g/mol. The molecule has 0 aliphatic rings. The van der Waals surface area contributed by atoms with Crippen LogP contribution in [0.25, 0.3) is 0 Å². The second-order valence-electron chi connectivity index (χ2n) is 3.59. The topological polar surface area (TPSA) is 55.1 Å². The van der Waals surface area contributed by atoms with Gasteiger partial charge >= 0.3 is 0 Å². The molecule has 0 aliphatic carbocycles. The number of carbonyl (C=O) groups is 1. The third-order valence-corrected chi connectivity index (χ3v) is 3.35. The lowest BCUT2D eigenvalue weighted by molar-refractivity contribution is -0.117. The van der Waals surface area contributed by atoms with Gasteiger partial charge in [-0.15, -0.1) is 0 Å². The van der Waals surface area contributed by atoms with Gasteiger partial charge in [0.25, 0.3) is 0 Å². The minimum atomic E-state index is -0.494. The Hall–Kier alpha value is -0.580. The van der Waals surface area contributed by atoms with Crippen molar-refractivity contribution in [3.05, 3.63) is 27.2 Å². The molecule has 0 saturated heterocycles. The Bertz CT molecular complexity index is 409. The number of nitrogens with one attached hydrogen (secondary N) is 1. The summed E-state index contributed by atoms with van der Waals surface area (Å²) < 4.78 is 0.797. The van der Waals surface area contributed by atoms with E-state index in [1.54, 1.807) is 6.07 Å². The van der Waals surface area contributed by atoms with Crippen LogP contribution in [0.5, 0.6) is 0 Å². The summed E-state index contributed by atoms with van der Waals surface area (Å²) in [6.07, 6.45) is 0.600. The van der Waals surface area contributed by atoms with E-state index in [1.165, 1.54) is 0 Å². The van der Waals surface area contributed by atoms with Crippen LogP contribution in [0.15, 0.2) is 16.6 Å². The Morgan fingerprint density at radius 1 is 1.62 bits per heavy atom. The maximum absolute atomic E-state index is 11.6. The first-order chi connectivity index (χ1) is 7.45. The van der Waals surface area contributed by atoms with Crippen molar-refractivity contribution < 1.29 is 4.79 Å². The summed E-state index contributed by atoms with van der Waals surface area (Å²) >= 11 is 9.35. The zero-order valence-corrected chi connectivity index (χ0v) is 11.5. The smallest absolute Gasteiger partial charge is 0.241 e. The highest BCUT2D eigenvalue weighted by molar-refractivity contribution is 9.10. The van der Waals surface area contributed by atoms with Crippen LogP contribution < -0.4 is 11.1 Å². The zero-order valence-electron chi connectivity index (χ0n) is 9.18. The molecule has 1 aromatic carbocycles. The van der Waals surface area contributed by atoms with Crippen LogP contribution in [-0.4, -0.2) is 11.9 Å². The lowest BCUT2D eigenvalue weighted by Crippen LogP contribution is -2.34. The average Bonchev–Trinajstić information content (AvgIpc) is 2.24. The summed E-state index contributed by atoms with van der Waals surface area (Å²) in [5, 5.41) is 3.35. The molecule has 1 unspecified atom stereocenters. The molecule has 0 bridgehead atoms. The number of rotatable bonds is 3. The number of hydrogen-bond acceptors (Lipinski definition) is 2. The Labute approximate surface area is 108 Å². The van der Waals surface area contributed by atoms with E-state index >= 15 is 0 Å². The lowest BCUT2D eigenvalue weighted by atomic mass is 10.2. The third kappa shape index (κ3) is 3.20. The van der Waals surface area contributed by atoms with E-state index in [4.69, 9.17) is 17.3 Å². The molecule has 0 fully saturated rings. The monoisotopic (exact) mass is 304 g/mol. The van der Waals surface area contributed by atoms with Crippen molar-refractivity contribution in [1.29, 1.82) is 0 Å². The fourth-order valence-electron chi connectivity index (χ4n) is 1.15. The standard InChI is InChI=1S/C11H14BrClN2O/c1-3-9(14)11(16)15-10-5-8(13)6(2)4-7(10)12/h4-5,9H,3,14H2,1-2H3,(H,15,16). The summed E-state index contributed by atoms with van der Waals surface area (Å²) in [5.41, 5.74) is 7.22. The predicted molar refractivity (Wildman–Crippen MR) is 70.8 cm³/mol. The van der Waals surface area contributed by atoms with Crippen LogP contribution in [0.2, 0.25) is 5.02 Å². The minimum absolute atomic E-state index is 0.205. The molecule has 1 amide bonds. The second kappa shape index (κ2) is 5.66. The van der Waals surface area contributed by atoms with Gasteiger partial charge in [-0.1, -0.05) is 18.5 Å². The quantitative estimate of drug-likeness (QED) is 0.901. The number of hydrogen-bond donors (Lipinski definition) is 2. The average molecular weight is 306 g/mol. The van der Waals surface area contributed by atoms with Gasteiger partial charge in [-0.05, 0) is 47.0 Å². The molecule has 1 rings (SSSR count). The van der Waals surface area contributed by atoms with Crippen molar-refractivity contribution >= 4 is 39.1 Å². The molecular formula is C11H14BrClN2O. The van der Waals surface area contributed by atoms with Gasteiger partial charge < -0.3 is 11.1 Å². The minimum Gasteiger partial charge on any atom is -0.324 e. The first-order valence-corrected chi connectivity index (χ1v) is 6.15. The largest absolute Gasteiger partial charge is 0.324 e. The van der Waals surface area contributed by atoms with Gasteiger partial charge in [-0.2, -0.15) is 0 Å². The van der Waals surface area contributed by atoms with E-state index in [0.29, 0.717) is 17.1 Å². The number of anilines is 1. The van der Waals surface area contributed by atoms with Gasteiger partial charge in [0, 0.05) is 9.50 Å². The summed E-state index contributed by atoms with van der Waals surface area (Å²) in [7, 11) is 0. The van der Waals surface area contributed by atoms with Crippen molar-refractivity contribution in [2.45, 2.75) is 26.3 Å². The highest BCUT2D eigenvalue weighted by Gasteiger charge is 2.13. The van der Waals surface area contributed by atoms with Crippen molar-refractivity contribution in [2.24, 2.45) is 5.73 Å². The van der Waals surface area contributed by atoms with E-state index in [0.717, 1.165) is 10.0 Å². The molecule has 0 heterocycles. The zero-order chi connectivity index (χ0) is 12.3. The second-order valence-corrected chi connectivity index (χ2v) is 4.85. The Morgan fingerprint density at radius 2 is 2.25 bits per heavy atom. The van der Waals surface area contributed by atoms with Crippen molar-refractivity contribution in [1.82, 2.24) is 0 Å². The number of nitrogens with two attached hydrogens (primary N) is 1. The van der Waals surface area contributed by atoms with E-state index < -0.39 is 6.04 Å². The molecule has 3 nitrogen and oxygen atoms in total. The Morgan fingerprint density at radius 3 is 2.81 bits per heavy atom. The lowest BCUT2D eigenvalue weighted by Gasteiger charge is -2.12. The highest BCUT2D eigenvalue weighted by atomic mass is 79.9. The summed E-state index contributed by atoms with van der Waals surface area (Å²) in [5.74, 6) is -0.205. The van der Waals surface area contributed by atoms with Gasteiger partial charge in [0.05, 0.1) is 11.7 Å². The molecule has 16 heavy (non-hydrogen) atoms. The van der Waals surface area contributed by atoms with Crippen LogP contribution in [-0.2, 0) is 4.79 Å². The SMILES string of the molecule is CCC(N)C(=O)Nc1cc(Cl)c(C)cc1Br. The molecule has 1 aromatic rings. The van der Waals surface area contributed by atoms with Crippen LogP contribution >= 0.6 is 27.5 Å². The first-order valence-electron chi connectivity index (χ1n) is 4.97. The predicted octanol–water partition coefficient (Wildman–Crippen LogP) is 3.09. The molecule has 1 atom stereocenters. The number of halogens is 2. The molecule has 0 aromatic heterocycles. The number of aryl methyl sites for hydroxylation is 1. The van der Waals surface area contributed by atoms with Crippen molar-refractivity contribution in [2.75, 3.05) is 5.32 Å². The van der Waals surface area contributed by atoms with Gasteiger partial charge in [0.2, 0.25) is 5.91 Å². The Balaban J connectivity index is 2.90. The van der Waals surface area contributed by atoms with E-state index in [1.807, 2.05) is 19.9 Å². The van der Waals surface area contributed by atoms with Crippen molar-refractivity contribution in [3.63, 3.8) is 0 Å². The molecule has 88 valence electrons. The molecule has 5 heteroatoms. The fourth-order valence-corrected chi connectivity index (χ4v) is 1.87. The molecule has 0 saturated carbocycles. The van der Waals surface area contributed by atoms with Gasteiger partial charge in [0.1, 0.15) is 0 Å². The normalized spacial score (nSPS) is 12.3. The van der Waals surface area contributed by atoms with E-state index in [9.17, 15) is 4.79 Å². The Kier molecular flexibility index (Phi) is 4.77. The molecule has 0 spiro atoms. The highest BCUT2D eigenvalue weighted by Crippen LogP contribution is 2.29. The van der Waals surface area contributed by atoms with E-state index in [2.05, 4.69) is 21.2 Å². The summed E-state index contributed by atoms with van der Waals surface area (Å²) in [6, 6.07) is 3.07. The summed E-state index contributed by atoms with van der Waals surface area (Å²) in [4.78, 5) is 11.6. The summed E-state index contributed by atoms with van der Waals surface area (Å²) in [6.45, 7) is 3.76. The third-order valence-electron chi connectivity index (χ3n) is 2.28. The first kappa shape index (κ1) is 13.5. The molecule has 0 radical (unpaired) electrons. The molecule has 0 aliphatic heterocycles. The number of benzene rings is 1. The van der Waals surface area contributed by atoms with E-state index in [-0.39, 0.29) is 5.91 Å². The fraction of sp³-hybridized carbons (Fsp3) is 0.364. The van der Waals surface area contributed by atoms with Crippen molar-refractivity contribution in [3.8, 4) is 0 Å². The number of amides is 1. The molecule has 3 N–H and O–H groups in total. The van der Waals surface area contributed by atoms with Crippen LogP contribution in [0.4, 0.5) is 5.69 Å². The van der Waals surface area contributed by atoms with Crippen LogP contribution in [0.1, 0.15) is 18.9 Å². The van der Waals surface area contributed by atoms with Gasteiger partial charge in [-0.3, -0.25) is 4.79 Å². The maximum atomic E-state index is 11.6. The van der Waals surface area contributed by atoms with Gasteiger partial charge in [0.15, 0.2) is 0 Å². The number of carbonyl (C=O) groups excluding carboxylic acids is 1. The van der Waals surface area contributed by atoms with Crippen LogP contribution in [0, 0.1) is 6.92 Å². The maximum Gasteiger partial charge on any atom is 0.241 e.